The van der Waals surface area contributed by atoms with E-state index in [1.165, 1.54) is 19.3 Å². The Morgan fingerprint density at radius 1 is 1.06 bits per heavy atom. The minimum absolute atomic E-state index is 0.0881. The van der Waals surface area contributed by atoms with Crippen LogP contribution < -0.4 is 10.7 Å². The molecule has 0 radical (unpaired) electrons. The Balaban J connectivity index is 1.35. The van der Waals surface area contributed by atoms with Crippen LogP contribution in [0.15, 0.2) is 5.10 Å². The van der Waals surface area contributed by atoms with E-state index in [2.05, 4.69) is 34.6 Å². The summed E-state index contributed by atoms with van der Waals surface area (Å²) < 4.78 is 43.6. The zero-order valence-corrected chi connectivity index (χ0v) is 19.7. The molecule has 0 spiro atoms. The number of hydrogen-bond acceptors (Lipinski definition) is 5. The second-order valence-corrected chi connectivity index (χ2v) is 10.4. The molecule has 3 fully saturated rings. The maximum atomic E-state index is 13.6. The first kappa shape index (κ1) is 24.4. The van der Waals surface area contributed by atoms with Crippen LogP contribution in [0.25, 0.3) is 0 Å². The van der Waals surface area contributed by atoms with Crippen LogP contribution in [0, 0.1) is 11.8 Å². The monoisotopic (exact) mass is 473 g/mol. The highest BCUT2D eigenvalue weighted by Crippen LogP contribution is 2.35. The van der Waals surface area contributed by atoms with Crippen LogP contribution in [0.5, 0.6) is 0 Å². The van der Waals surface area contributed by atoms with Crippen molar-refractivity contribution >= 4 is 11.9 Å². The summed E-state index contributed by atoms with van der Waals surface area (Å²) >= 11 is 0. The van der Waals surface area contributed by atoms with Crippen LogP contribution in [-0.4, -0.2) is 71.9 Å². The molecule has 2 amide bonds. The van der Waals surface area contributed by atoms with E-state index in [4.69, 9.17) is 4.74 Å². The highest BCUT2D eigenvalue weighted by molar-refractivity contribution is 5.80. The molecule has 0 aromatic rings. The largest absolute Gasteiger partial charge is 0.446 e. The van der Waals surface area contributed by atoms with Gasteiger partial charge in [-0.15, -0.1) is 5.10 Å². The standard InChI is InChI=1S/C23H38F3N5O2/c1-15-12-30(13-16(2)27-15)22(32)31(19-6-4-3-5-7-19)14-17-8-10-18(11-9-17)20-28-29-21(33-20)23(24,25)26/h15-19,21,27,29H,3-14H2,1-2H3/t15-,16+,17?,18?,21?. The molecule has 0 aromatic carbocycles. The predicted octanol–water partition coefficient (Wildman–Crippen LogP) is 4.05. The number of rotatable bonds is 4. The molecular weight excluding hydrogens is 435 g/mol. The average Bonchev–Trinajstić information content (AvgIpc) is 3.28. The lowest BCUT2D eigenvalue weighted by Gasteiger charge is -2.44. The first-order valence-corrected chi connectivity index (χ1v) is 12.6. The Labute approximate surface area is 194 Å². The summed E-state index contributed by atoms with van der Waals surface area (Å²) in [5.41, 5.74) is 2.07. The Morgan fingerprint density at radius 3 is 2.27 bits per heavy atom. The molecule has 7 nitrogen and oxygen atoms in total. The van der Waals surface area contributed by atoms with Gasteiger partial charge in [-0.25, -0.2) is 4.79 Å². The molecule has 1 unspecified atom stereocenters. The lowest BCUT2D eigenvalue weighted by Crippen LogP contribution is -2.60. The third-order valence-electron chi connectivity index (χ3n) is 7.57. The van der Waals surface area contributed by atoms with Gasteiger partial charge in [0.25, 0.3) is 6.23 Å². The second-order valence-electron chi connectivity index (χ2n) is 10.4. The maximum Gasteiger partial charge on any atom is 0.446 e. The number of nitrogens with one attached hydrogen (secondary N) is 2. The molecule has 33 heavy (non-hydrogen) atoms. The molecule has 10 heteroatoms. The van der Waals surface area contributed by atoms with E-state index in [9.17, 15) is 18.0 Å². The number of halogens is 3. The Morgan fingerprint density at radius 2 is 1.70 bits per heavy atom. The normalized spacial score (nSPS) is 33.8. The minimum atomic E-state index is -4.47. The number of hydrogen-bond donors (Lipinski definition) is 2. The molecule has 2 aliphatic carbocycles. The number of hydrazone groups is 1. The number of alkyl halides is 3. The molecule has 1 saturated heterocycles. The van der Waals surface area contributed by atoms with Crippen LogP contribution >= 0.6 is 0 Å². The van der Waals surface area contributed by atoms with Crippen molar-refractivity contribution in [2.45, 2.75) is 102 Å². The van der Waals surface area contributed by atoms with Crippen LogP contribution in [0.2, 0.25) is 0 Å². The summed E-state index contributed by atoms with van der Waals surface area (Å²) in [4.78, 5) is 17.8. The van der Waals surface area contributed by atoms with Gasteiger partial charge in [0.1, 0.15) is 0 Å². The van der Waals surface area contributed by atoms with Gasteiger partial charge >= 0.3 is 12.2 Å². The zero-order valence-electron chi connectivity index (χ0n) is 19.7. The minimum Gasteiger partial charge on any atom is -0.444 e. The van der Waals surface area contributed by atoms with E-state index in [-0.39, 0.29) is 29.9 Å². The molecule has 2 saturated carbocycles. The molecule has 0 aromatic heterocycles. The fourth-order valence-corrected chi connectivity index (χ4v) is 5.93. The van der Waals surface area contributed by atoms with Crippen molar-refractivity contribution in [3.63, 3.8) is 0 Å². The SMILES string of the molecule is C[C@@H]1CN(C(=O)N(CC2CCC(C3=NNC(C(F)(F)F)O3)CC2)C2CCCCC2)C[C@H](C)N1. The van der Waals surface area contributed by atoms with Gasteiger partial charge < -0.3 is 19.9 Å². The molecule has 188 valence electrons. The van der Waals surface area contributed by atoms with Gasteiger partial charge in [-0.05, 0) is 58.3 Å². The highest BCUT2D eigenvalue weighted by atomic mass is 19.4. The quantitative estimate of drug-likeness (QED) is 0.646. The second kappa shape index (κ2) is 10.3. The summed E-state index contributed by atoms with van der Waals surface area (Å²) in [6, 6.07) is 1.01. The summed E-state index contributed by atoms with van der Waals surface area (Å²) in [5, 5.41) is 7.31. The van der Waals surface area contributed by atoms with Crippen LogP contribution in [-0.2, 0) is 4.74 Å². The van der Waals surface area contributed by atoms with E-state index >= 15 is 0 Å². The fraction of sp³-hybridized carbons (Fsp3) is 0.913. The van der Waals surface area contributed by atoms with Crippen LogP contribution in [0.4, 0.5) is 18.0 Å². The van der Waals surface area contributed by atoms with Gasteiger partial charge in [0.2, 0.25) is 5.90 Å². The van der Waals surface area contributed by atoms with Crippen molar-refractivity contribution in [3.05, 3.63) is 0 Å². The van der Waals surface area contributed by atoms with E-state index in [1.54, 1.807) is 0 Å². The Hall–Kier alpha value is -1.71. The van der Waals surface area contributed by atoms with E-state index in [0.717, 1.165) is 58.2 Å². The smallest absolute Gasteiger partial charge is 0.444 e. The van der Waals surface area contributed by atoms with Crippen molar-refractivity contribution < 1.29 is 22.7 Å². The van der Waals surface area contributed by atoms with E-state index in [0.29, 0.717) is 12.0 Å². The summed E-state index contributed by atoms with van der Waals surface area (Å²) in [7, 11) is 0. The topological polar surface area (TPSA) is 69.2 Å². The van der Waals surface area contributed by atoms with Crippen molar-refractivity contribution in [1.82, 2.24) is 20.5 Å². The first-order chi connectivity index (χ1) is 15.7. The van der Waals surface area contributed by atoms with E-state index < -0.39 is 12.4 Å². The average molecular weight is 474 g/mol. The van der Waals surface area contributed by atoms with Crippen molar-refractivity contribution in [1.29, 1.82) is 0 Å². The number of urea groups is 1. The van der Waals surface area contributed by atoms with Crippen LogP contribution in [0.3, 0.4) is 0 Å². The zero-order chi connectivity index (χ0) is 23.6. The van der Waals surface area contributed by atoms with Crippen molar-refractivity contribution in [2.24, 2.45) is 16.9 Å². The molecule has 3 atom stereocenters. The lowest BCUT2D eigenvalue weighted by atomic mass is 9.81. The maximum absolute atomic E-state index is 13.6. The third kappa shape index (κ3) is 6.05. The summed E-state index contributed by atoms with van der Waals surface area (Å²) in [6.45, 7) is 6.43. The summed E-state index contributed by atoms with van der Waals surface area (Å²) in [6.07, 6.45) is 2.41. The summed E-state index contributed by atoms with van der Waals surface area (Å²) in [5.74, 6) is 0.452. The van der Waals surface area contributed by atoms with Gasteiger partial charge in [-0.1, -0.05) is 19.3 Å². The van der Waals surface area contributed by atoms with Crippen molar-refractivity contribution in [3.8, 4) is 0 Å². The van der Waals surface area contributed by atoms with Crippen molar-refractivity contribution in [2.75, 3.05) is 19.6 Å². The van der Waals surface area contributed by atoms with Crippen LogP contribution in [0.1, 0.15) is 71.6 Å². The predicted molar refractivity (Wildman–Crippen MR) is 120 cm³/mol. The number of piperazine rings is 1. The molecule has 4 rings (SSSR count). The molecule has 2 N–H and O–H groups in total. The van der Waals surface area contributed by atoms with Gasteiger partial charge in [0, 0.05) is 43.7 Å². The number of ether oxygens (including phenoxy) is 1. The highest BCUT2D eigenvalue weighted by Gasteiger charge is 2.46. The first-order valence-electron chi connectivity index (χ1n) is 12.6. The fourth-order valence-electron chi connectivity index (χ4n) is 5.93. The van der Waals surface area contributed by atoms with Gasteiger partial charge in [0.15, 0.2) is 0 Å². The number of carbonyl (C=O) groups is 1. The molecule has 2 heterocycles. The van der Waals surface area contributed by atoms with Gasteiger partial charge in [0.05, 0.1) is 0 Å². The Bertz CT molecular complexity index is 695. The third-order valence-corrected chi connectivity index (χ3v) is 7.57. The molecule has 2 aliphatic heterocycles. The van der Waals surface area contributed by atoms with E-state index in [1.807, 2.05) is 4.90 Å². The van der Waals surface area contributed by atoms with Gasteiger partial charge in [-0.2, -0.15) is 13.2 Å². The number of amides is 2. The number of carbonyl (C=O) groups excluding carboxylic acids is 1. The van der Waals surface area contributed by atoms with Gasteiger partial charge in [-0.3, -0.25) is 5.43 Å². The molecule has 4 aliphatic rings. The lowest BCUT2D eigenvalue weighted by molar-refractivity contribution is -0.202. The molecule has 0 bridgehead atoms. The Kier molecular flexibility index (Phi) is 7.60. The number of nitrogens with zero attached hydrogens (tertiary/aromatic N) is 3. The molecular formula is C23H38F3N5O2.